The van der Waals surface area contributed by atoms with E-state index in [0.717, 1.165) is 39.4 Å². The Morgan fingerprint density at radius 1 is 1.26 bits per heavy atom. The van der Waals surface area contributed by atoms with Crippen molar-refractivity contribution in [1.29, 1.82) is 0 Å². The molecule has 4 heteroatoms. The summed E-state index contributed by atoms with van der Waals surface area (Å²) in [6.45, 7) is 6.11. The molecule has 0 aliphatic rings. The van der Waals surface area contributed by atoms with Gasteiger partial charge in [0.2, 0.25) is 0 Å². The van der Waals surface area contributed by atoms with Gasteiger partial charge in [-0.05, 0) is 32.3 Å². The summed E-state index contributed by atoms with van der Waals surface area (Å²) in [6.07, 6.45) is 1.80. The fourth-order valence-corrected chi connectivity index (χ4v) is 3.28. The maximum absolute atomic E-state index is 11.3. The summed E-state index contributed by atoms with van der Waals surface area (Å²) in [6, 6.07) is 6.11. The van der Waals surface area contributed by atoms with Crippen LogP contribution in [0.5, 0.6) is 0 Å². The molecule has 0 saturated carbocycles. The first-order valence-corrected chi connectivity index (χ1v) is 7.14. The maximum Gasteiger partial charge on any atom is 0.356 e. The van der Waals surface area contributed by atoms with Crippen LogP contribution in [0, 0.1) is 13.8 Å². The standard InChI is InChI=1S/C15H17NO2S/c1-4-5-12-16-13(15(17)18)14(19-12)11-7-9(2)6-10(3)8-11/h6-8H,4-5H2,1-3H3,(H,17,18). The smallest absolute Gasteiger partial charge is 0.356 e. The minimum absolute atomic E-state index is 0.179. The first-order valence-electron chi connectivity index (χ1n) is 6.33. The molecular formula is C15H17NO2S. The third kappa shape index (κ3) is 3.01. The number of carboxylic acid groups (broad SMARTS) is 1. The van der Waals surface area contributed by atoms with Crippen LogP contribution in [0.2, 0.25) is 0 Å². The molecule has 2 rings (SSSR count). The SMILES string of the molecule is CCCc1nc(C(=O)O)c(-c2cc(C)cc(C)c2)s1. The Kier molecular flexibility index (Phi) is 4.00. The van der Waals surface area contributed by atoms with E-state index in [1.54, 1.807) is 0 Å². The van der Waals surface area contributed by atoms with Crippen LogP contribution in [0.3, 0.4) is 0 Å². The molecular weight excluding hydrogens is 258 g/mol. The van der Waals surface area contributed by atoms with E-state index >= 15 is 0 Å². The van der Waals surface area contributed by atoms with Gasteiger partial charge >= 0.3 is 5.97 Å². The molecule has 0 fully saturated rings. The van der Waals surface area contributed by atoms with Crippen molar-refractivity contribution >= 4 is 17.3 Å². The topological polar surface area (TPSA) is 50.2 Å². The Labute approximate surface area is 116 Å². The van der Waals surface area contributed by atoms with Crippen molar-refractivity contribution in [3.8, 4) is 10.4 Å². The van der Waals surface area contributed by atoms with E-state index < -0.39 is 5.97 Å². The summed E-state index contributed by atoms with van der Waals surface area (Å²) in [7, 11) is 0. The van der Waals surface area contributed by atoms with Crippen molar-refractivity contribution in [1.82, 2.24) is 4.98 Å². The second kappa shape index (κ2) is 5.53. The van der Waals surface area contributed by atoms with E-state index in [0.29, 0.717) is 0 Å². The molecule has 100 valence electrons. The summed E-state index contributed by atoms with van der Waals surface area (Å²) < 4.78 is 0. The van der Waals surface area contributed by atoms with Crippen molar-refractivity contribution in [2.45, 2.75) is 33.6 Å². The number of benzene rings is 1. The van der Waals surface area contributed by atoms with Crippen molar-refractivity contribution in [3.63, 3.8) is 0 Å². The average molecular weight is 275 g/mol. The van der Waals surface area contributed by atoms with Crippen LogP contribution in [-0.2, 0) is 6.42 Å². The molecule has 0 atom stereocenters. The van der Waals surface area contributed by atoms with E-state index in [-0.39, 0.29) is 5.69 Å². The van der Waals surface area contributed by atoms with E-state index in [1.807, 2.05) is 26.0 Å². The molecule has 0 aliphatic heterocycles. The number of rotatable bonds is 4. The van der Waals surface area contributed by atoms with Crippen LogP contribution in [-0.4, -0.2) is 16.1 Å². The van der Waals surface area contributed by atoms with E-state index in [4.69, 9.17) is 0 Å². The summed E-state index contributed by atoms with van der Waals surface area (Å²) >= 11 is 1.49. The first kappa shape index (κ1) is 13.7. The summed E-state index contributed by atoms with van der Waals surface area (Å²) in [4.78, 5) is 16.3. The Morgan fingerprint density at radius 2 is 1.89 bits per heavy atom. The number of thiazole rings is 1. The van der Waals surface area contributed by atoms with Crippen molar-refractivity contribution in [2.24, 2.45) is 0 Å². The highest BCUT2D eigenvalue weighted by Gasteiger charge is 2.18. The minimum Gasteiger partial charge on any atom is -0.476 e. The molecule has 1 heterocycles. The molecule has 0 unspecified atom stereocenters. The lowest BCUT2D eigenvalue weighted by Gasteiger charge is -2.03. The zero-order chi connectivity index (χ0) is 14.0. The zero-order valence-electron chi connectivity index (χ0n) is 11.4. The fraction of sp³-hybridized carbons (Fsp3) is 0.333. The zero-order valence-corrected chi connectivity index (χ0v) is 12.2. The van der Waals surface area contributed by atoms with Gasteiger partial charge in [0.1, 0.15) is 0 Å². The molecule has 3 nitrogen and oxygen atoms in total. The Balaban J connectivity index is 2.56. The molecule has 0 aliphatic carbocycles. The Bertz CT molecular complexity index is 596. The number of aryl methyl sites for hydroxylation is 3. The lowest BCUT2D eigenvalue weighted by Crippen LogP contribution is -1.99. The molecule has 1 N–H and O–H groups in total. The van der Waals surface area contributed by atoms with Gasteiger partial charge in [-0.25, -0.2) is 9.78 Å². The number of hydrogen-bond donors (Lipinski definition) is 1. The van der Waals surface area contributed by atoms with Gasteiger partial charge in [0.05, 0.1) is 9.88 Å². The molecule has 0 spiro atoms. The maximum atomic E-state index is 11.3. The third-order valence-corrected chi connectivity index (χ3v) is 3.99. The number of aromatic nitrogens is 1. The van der Waals surface area contributed by atoms with Crippen LogP contribution in [0.1, 0.15) is 40.0 Å². The van der Waals surface area contributed by atoms with Crippen LogP contribution in [0.25, 0.3) is 10.4 Å². The van der Waals surface area contributed by atoms with Gasteiger partial charge in [0, 0.05) is 0 Å². The van der Waals surface area contributed by atoms with E-state index in [9.17, 15) is 9.90 Å². The van der Waals surface area contributed by atoms with Gasteiger partial charge in [-0.15, -0.1) is 11.3 Å². The van der Waals surface area contributed by atoms with Crippen molar-refractivity contribution in [3.05, 3.63) is 40.0 Å². The molecule has 0 amide bonds. The van der Waals surface area contributed by atoms with Crippen LogP contribution >= 0.6 is 11.3 Å². The Morgan fingerprint density at radius 3 is 2.42 bits per heavy atom. The second-order valence-electron chi connectivity index (χ2n) is 4.72. The Hall–Kier alpha value is -1.68. The van der Waals surface area contributed by atoms with Gasteiger partial charge < -0.3 is 5.11 Å². The molecule has 0 saturated heterocycles. The highest BCUT2D eigenvalue weighted by Crippen LogP contribution is 2.32. The van der Waals surface area contributed by atoms with Crippen LogP contribution in [0.4, 0.5) is 0 Å². The molecule has 1 aromatic carbocycles. The van der Waals surface area contributed by atoms with Crippen LogP contribution < -0.4 is 0 Å². The predicted octanol–water partition coefficient (Wildman–Crippen LogP) is 4.08. The third-order valence-electron chi connectivity index (χ3n) is 2.82. The number of carbonyl (C=O) groups is 1. The van der Waals surface area contributed by atoms with Gasteiger partial charge in [-0.3, -0.25) is 0 Å². The monoisotopic (exact) mass is 275 g/mol. The van der Waals surface area contributed by atoms with Gasteiger partial charge in [-0.2, -0.15) is 0 Å². The van der Waals surface area contributed by atoms with E-state index in [2.05, 4.69) is 18.0 Å². The molecule has 0 bridgehead atoms. The average Bonchev–Trinajstić information content (AvgIpc) is 2.72. The lowest BCUT2D eigenvalue weighted by atomic mass is 10.1. The molecule has 1 aromatic heterocycles. The molecule has 19 heavy (non-hydrogen) atoms. The van der Waals surface area contributed by atoms with Gasteiger partial charge in [0.15, 0.2) is 5.69 Å². The van der Waals surface area contributed by atoms with Gasteiger partial charge in [0.25, 0.3) is 0 Å². The molecule has 2 aromatic rings. The number of carboxylic acids is 1. The van der Waals surface area contributed by atoms with Gasteiger partial charge in [-0.1, -0.05) is 36.2 Å². The highest BCUT2D eigenvalue weighted by molar-refractivity contribution is 7.15. The summed E-state index contributed by atoms with van der Waals surface area (Å²) in [5, 5.41) is 10.2. The lowest BCUT2D eigenvalue weighted by molar-refractivity contribution is 0.0692. The van der Waals surface area contributed by atoms with Crippen molar-refractivity contribution in [2.75, 3.05) is 0 Å². The summed E-state index contributed by atoms with van der Waals surface area (Å²) in [5.74, 6) is -0.951. The predicted molar refractivity (Wildman–Crippen MR) is 78.0 cm³/mol. The fourth-order valence-electron chi connectivity index (χ4n) is 2.13. The highest BCUT2D eigenvalue weighted by atomic mass is 32.1. The van der Waals surface area contributed by atoms with E-state index in [1.165, 1.54) is 11.3 Å². The minimum atomic E-state index is -0.951. The normalized spacial score (nSPS) is 10.7. The summed E-state index contributed by atoms with van der Waals surface area (Å²) in [5.41, 5.74) is 3.40. The largest absolute Gasteiger partial charge is 0.476 e. The van der Waals surface area contributed by atoms with Crippen molar-refractivity contribution < 1.29 is 9.90 Å². The first-order chi connectivity index (χ1) is 9.01. The number of nitrogens with zero attached hydrogens (tertiary/aromatic N) is 1. The quantitative estimate of drug-likeness (QED) is 0.914. The molecule has 0 radical (unpaired) electrons. The number of hydrogen-bond acceptors (Lipinski definition) is 3. The second-order valence-corrected chi connectivity index (χ2v) is 5.80. The van der Waals surface area contributed by atoms with Crippen LogP contribution in [0.15, 0.2) is 18.2 Å². The number of aromatic carboxylic acids is 1.